The predicted octanol–water partition coefficient (Wildman–Crippen LogP) is 4.10. The van der Waals surface area contributed by atoms with Crippen LogP contribution in [0, 0.1) is 0 Å². The Kier molecular flexibility index (Phi) is 6.68. The topological polar surface area (TPSA) is 101 Å². The zero-order chi connectivity index (χ0) is 26.2. The van der Waals surface area contributed by atoms with E-state index in [2.05, 4.69) is 20.3 Å². The molecule has 0 aliphatic carbocycles. The number of rotatable bonds is 6. The van der Waals surface area contributed by atoms with E-state index >= 15 is 0 Å². The van der Waals surface area contributed by atoms with Crippen molar-refractivity contribution in [2.24, 2.45) is 0 Å². The first kappa shape index (κ1) is 25.2. The zero-order valence-corrected chi connectivity index (χ0v) is 20.8. The van der Waals surface area contributed by atoms with Gasteiger partial charge in [0.2, 0.25) is 11.0 Å². The number of fused-ring (bicyclic) bond motifs is 1. The average Bonchev–Trinajstić information content (AvgIpc) is 3.55. The van der Waals surface area contributed by atoms with E-state index in [0.29, 0.717) is 42.4 Å². The van der Waals surface area contributed by atoms with E-state index in [0.717, 1.165) is 11.6 Å². The Labute approximate surface area is 214 Å². The van der Waals surface area contributed by atoms with Gasteiger partial charge >= 0.3 is 6.18 Å². The van der Waals surface area contributed by atoms with Crippen LogP contribution < -0.4 is 5.32 Å². The molecule has 0 spiro atoms. The minimum atomic E-state index is -4.58. The molecule has 1 aliphatic heterocycles. The normalized spacial score (nSPS) is 18.1. The number of carbonyl (C=O) groups excluding carboxylic acids is 1. The van der Waals surface area contributed by atoms with Crippen molar-refractivity contribution in [2.75, 3.05) is 6.54 Å². The van der Waals surface area contributed by atoms with E-state index < -0.39 is 26.6 Å². The van der Waals surface area contributed by atoms with Crippen LogP contribution in [0.3, 0.4) is 0 Å². The Balaban J connectivity index is 1.28. The number of nitrogens with one attached hydrogen (secondary N) is 1. The van der Waals surface area contributed by atoms with Gasteiger partial charge in [-0.1, -0.05) is 18.2 Å². The number of amides is 1. The van der Waals surface area contributed by atoms with Crippen molar-refractivity contribution in [2.45, 2.75) is 36.7 Å². The molecule has 1 unspecified atom stereocenters. The second-order valence-electron chi connectivity index (χ2n) is 8.42. The summed E-state index contributed by atoms with van der Waals surface area (Å²) in [6.07, 6.45) is -0.280. The molecule has 192 valence electrons. The quantitative estimate of drug-likeness (QED) is 0.388. The molecule has 1 N–H and O–H groups in total. The van der Waals surface area contributed by atoms with Crippen LogP contribution in [0.5, 0.6) is 0 Å². The molecule has 0 radical (unpaired) electrons. The van der Waals surface area contributed by atoms with Crippen LogP contribution >= 0.6 is 0 Å². The lowest BCUT2D eigenvalue weighted by Crippen LogP contribution is -2.45. The van der Waals surface area contributed by atoms with E-state index in [1.54, 1.807) is 30.3 Å². The monoisotopic (exact) mass is 547 g/mol. The Morgan fingerprint density at radius 2 is 1.97 bits per heavy atom. The van der Waals surface area contributed by atoms with Crippen LogP contribution in [0.25, 0.3) is 22.2 Å². The lowest BCUT2D eigenvalue weighted by molar-refractivity contribution is -0.141. The van der Waals surface area contributed by atoms with Crippen LogP contribution in [0.2, 0.25) is 0 Å². The Bertz CT molecular complexity index is 1520. The number of furan rings is 1. The average molecular weight is 548 g/mol. The minimum Gasteiger partial charge on any atom is -0.446 e. The molecule has 1 aliphatic rings. The van der Waals surface area contributed by atoms with Gasteiger partial charge in [-0.15, -0.1) is 0 Å². The van der Waals surface area contributed by atoms with Crippen molar-refractivity contribution >= 4 is 36.7 Å². The van der Waals surface area contributed by atoms with E-state index in [1.807, 2.05) is 12.1 Å². The van der Waals surface area contributed by atoms with Crippen LogP contribution in [-0.4, -0.2) is 42.0 Å². The lowest BCUT2D eigenvalue weighted by atomic mass is 10.1. The summed E-state index contributed by atoms with van der Waals surface area (Å²) in [5.74, 6) is -0.354. The second kappa shape index (κ2) is 9.80. The first-order valence-corrected chi connectivity index (χ1v) is 13.7. The summed E-state index contributed by atoms with van der Waals surface area (Å²) in [7, 11) is -3.21. The van der Waals surface area contributed by atoms with Gasteiger partial charge in [0.05, 0.1) is 30.3 Å². The molecule has 1 aromatic carbocycles. The highest BCUT2D eigenvalue weighted by atomic mass is 32.8. The molecule has 37 heavy (non-hydrogen) atoms. The number of hydrogen-bond acceptors (Lipinski definition) is 7. The van der Waals surface area contributed by atoms with Gasteiger partial charge in [0.1, 0.15) is 11.6 Å². The van der Waals surface area contributed by atoms with E-state index in [-0.39, 0.29) is 23.2 Å². The van der Waals surface area contributed by atoms with Gasteiger partial charge in [-0.2, -0.15) is 13.2 Å². The standard InChI is InChI=1S/C24H20F3N5O3S2/c25-24(26,27)21-14-29-18(13-30-21)15-7-8-28-17(10-15)12-31-23(33)19-5-3-9-32(19)37(34,36)22-11-16-4-1-2-6-20(16)35-22/h1-2,4,6-8,10-11,13-14,19H,3,5,9,12H2,(H,31,33)/t19-,37?/m0/s1. The Morgan fingerprint density at radius 1 is 1.16 bits per heavy atom. The highest BCUT2D eigenvalue weighted by molar-refractivity contribution is 8.31. The molecule has 0 saturated carbocycles. The van der Waals surface area contributed by atoms with Gasteiger partial charge in [-0.3, -0.25) is 14.8 Å². The third-order valence-electron chi connectivity index (χ3n) is 5.97. The maximum absolute atomic E-state index is 13.6. The van der Waals surface area contributed by atoms with E-state index in [9.17, 15) is 22.2 Å². The minimum absolute atomic E-state index is 0.0499. The molecule has 3 aromatic heterocycles. The highest BCUT2D eigenvalue weighted by Gasteiger charge is 2.38. The molecule has 4 aromatic rings. The van der Waals surface area contributed by atoms with Crippen molar-refractivity contribution < 1.29 is 26.6 Å². The molecular weight excluding hydrogens is 527 g/mol. The van der Waals surface area contributed by atoms with Crippen LogP contribution in [0.15, 0.2) is 70.6 Å². The van der Waals surface area contributed by atoms with Gasteiger partial charge in [-0.05, 0) is 31.0 Å². The highest BCUT2D eigenvalue weighted by Crippen LogP contribution is 2.31. The molecular formula is C24H20F3N5O3S2. The fraction of sp³-hybridized carbons (Fsp3) is 0.250. The molecule has 8 nitrogen and oxygen atoms in total. The summed E-state index contributed by atoms with van der Waals surface area (Å²) in [6.45, 7) is 0.437. The Morgan fingerprint density at radius 3 is 2.70 bits per heavy atom. The fourth-order valence-corrected chi connectivity index (χ4v) is 6.53. The fourth-order valence-electron chi connectivity index (χ4n) is 4.14. The number of hydrogen-bond donors (Lipinski definition) is 1. The van der Waals surface area contributed by atoms with Crippen LogP contribution in [0.1, 0.15) is 24.2 Å². The molecule has 13 heteroatoms. The molecule has 1 amide bonds. The summed E-state index contributed by atoms with van der Waals surface area (Å²) in [4.78, 5) is 24.5. The van der Waals surface area contributed by atoms with E-state index in [1.165, 1.54) is 10.5 Å². The van der Waals surface area contributed by atoms with Gasteiger partial charge in [-0.25, -0.2) is 13.5 Å². The summed E-state index contributed by atoms with van der Waals surface area (Å²) in [5, 5.41) is 3.72. The number of alkyl halides is 3. The number of para-hydroxylation sites is 1. The van der Waals surface area contributed by atoms with Gasteiger partial charge in [0.15, 0.2) is 14.4 Å². The molecule has 1 saturated heterocycles. The van der Waals surface area contributed by atoms with Crippen LogP contribution in [-0.2, 0) is 37.4 Å². The maximum atomic E-state index is 13.6. The Hall–Kier alpha value is -3.42. The van der Waals surface area contributed by atoms with Crippen molar-refractivity contribution in [1.82, 2.24) is 24.6 Å². The van der Waals surface area contributed by atoms with Crippen molar-refractivity contribution in [3.63, 3.8) is 0 Å². The second-order valence-corrected chi connectivity index (χ2v) is 11.6. The molecule has 5 rings (SSSR count). The first-order valence-electron chi connectivity index (χ1n) is 11.3. The number of halogens is 3. The SMILES string of the molecule is O=C(NCc1cc(-c2cnc(C(F)(F)F)cn2)ccn1)[C@@H]1CCCN1S(=O)(=S)c1cc2ccccc2o1. The number of nitrogens with zero attached hydrogens (tertiary/aromatic N) is 4. The summed E-state index contributed by atoms with van der Waals surface area (Å²) in [6, 6.07) is 11.4. The third-order valence-corrected chi connectivity index (χ3v) is 8.80. The number of aromatic nitrogens is 3. The van der Waals surface area contributed by atoms with Gasteiger partial charge in [0, 0.05) is 40.9 Å². The van der Waals surface area contributed by atoms with Gasteiger partial charge in [0.25, 0.3) is 0 Å². The molecule has 1 fully saturated rings. The largest absolute Gasteiger partial charge is 0.446 e. The lowest BCUT2D eigenvalue weighted by Gasteiger charge is -2.24. The zero-order valence-electron chi connectivity index (χ0n) is 19.1. The summed E-state index contributed by atoms with van der Waals surface area (Å²) < 4.78 is 59.1. The number of carbonyl (C=O) groups is 1. The van der Waals surface area contributed by atoms with Crippen LogP contribution in [0.4, 0.5) is 13.2 Å². The smallest absolute Gasteiger partial charge is 0.434 e. The third kappa shape index (κ3) is 5.20. The summed E-state index contributed by atoms with van der Waals surface area (Å²) >= 11 is 5.47. The van der Waals surface area contributed by atoms with Crippen molar-refractivity contribution in [1.29, 1.82) is 0 Å². The van der Waals surface area contributed by atoms with E-state index in [4.69, 9.17) is 15.6 Å². The molecule has 0 bridgehead atoms. The molecule has 4 heterocycles. The van der Waals surface area contributed by atoms with Crippen molar-refractivity contribution in [3.8, 4) is 11.3 Å². The van der Waals surface area contributed by atoms with Crippen molar-refractivity contribution in [3.05, 3.63) is 72.4 Å². The molecule has 2 atom stereocenters. The number of benzene rings is 1. The maximum Gasteiger partial charge on any atom is 0.434 e. The summed E-state index contributed by atoms with van der Waals surface area (Å²) in [5.41, 5.74) is 0.690. The predicted molar refractivity (Wildman–Crippen MR) is 132 cm³/mol. The first-order chi connectivity index (χ1) is 17.6. The van der Waals surface area contributed by atoms with Gasteiger partial charge < -0.3 is 9.73 Å². The number of pyridine rings is 1.